The lowest BCUT2D eigenvalue weighted by Crippen LogP contribution is -2.47. The molecule has 0 radical (unpaired) electrons. The number of allylic oxidation sites excluding steroid dienone is 2. The van der Waals surface area contributed by atoms with Crippen molar-refractivity contribution in [2.75, 3.05) is 5.43 Å². The van der Waals surface area contributed by atoms with Gasteiger partial charge < -0.3 is 4.74 Å². The minimum atomic E-state index is -1.20. The number of nitrogens with one attached hydrogen (secondary N) is 1. The number of nitro benzene ring substituents is 2. The molecule has 0 spiro atoms. The van der Waals surface area contributed by atoms with Gasteiger partial charge in [-0.25, -0.2) is 0 Å². The van der Waals surface area contributed by atoms with Crippen LogP contribution in [-0.4, -0.2) is 27.1 Å². The van der Waals surface area contributed by atoms with Gasteiger partial charge in [0, 0.05) is 25.1 Å². The van der Waals surface area contributed by atoms with Crippen molar-refractivity contribution in [2.24, 2.45) is 10.5 Å². The third-order valence-corrected chi connectivity index (χ3v) is 5.69. The average Bonchev–Trinajstić information content (AvgIpc) is 2.97. The molecule has 1 fully saturated rings. The van der Waals surface area contributed by atoms with E-state index in [-0.39, 0.29) is 5.69 Å². The van der Waals surface area contributed by atoms with Crippen LogP contribution in [0.25, 0.3) is 0 Å². The van der Waals surface area contributed by atoms with E-state index >= 15 is 0 Å². The Balaban J connectivity index is 2.47. The third kappa shape index (κ3) is 4.94. The summed E-state index contributed by atoms with van der Waals surface area (Å²) in [6.07, 6.45) is 9.86. The molecule has 0 bridgehead atoms. The molecule has 0 unspecified atom stereocenters. The molecule has 0 heterocycles. The Hall–Kier alpha value is -3.74. The Morgan fingerprint density at radius 1 is 1.31 bits per heavy atom. The van der Waals surface area contributed by atoms with Crippen LogP contribution in [0.1, 0.15) is 53.4 Å². The maximum atomic E-state index is 11.8. The number of rotatable bonds is 8. The maximum absolute atomic E-state index is 11.8. The monoisotopic (exact) mass is 442 g/mol. The van der Waals surface area contributed by atoms with Crippen molar-refractivity contribution in [1.29, 1.82) is 0 Å². The molecule has 1 N–H and O–H groups in total. The van der Waals surface area contributed by atoms with Crippen molar-refractivity contribution in [3.8, 4) is 12.3 Å². The van der Waals surface area contributed by atoms with E-state index in [9.17, 15) is 25.0 Å². The zero-order valence-electron chi connectivity index (χ0n) is 18.5. The summed E-state index contributed by atoms with van der Waals surface area (Å²) in [5.41, 5.74) is 1.52. The molecular formula is C22H26N4O6. The molecule has 1 aromatic rings. The van der Waals surface area contributed by atoms with Gasteiger partial charge in [0.15, 0.2) is 5.60 Å². The van der Waals surface area contributed by atoms with Crippen LogP contribution in [0, 0.1) is 38.0 Å². The van der Waals surface area contributed by atoms with Crippen LogP contribution in [0.15, 0.2) is 34.9 Å². The Labute approximate surface area is 186 Å². The zero-order chi connectivity index (χ0) is 24.1. The number of nitro groups is 2. The molecule has 10 heteroatoms. The lowest BCUT2D eigenvalue weighted by Gasteiger charge is -2.39. The fraction of sp³-hybridized carbons (Fsp3) is 0.455. The first-order chi connectivity index (χ1) is 15.0. The minimum Gasteiger partial charge on any atom is -0.445 e. The van der Waals surface area contributed by atoms with Gasteiger partial charge in [-0.15, -0.1) is 6.42 Å². The van der Waals surface area contributed by atoms with Crippen molar-refractivity contribution < 1.29 is 19.4 Å². The van der Waals surface area contributed by atoms with E-state index < -0.39 is 38.2 Å². The Kier molecular flexibility index (Phi) is 7.36. The van der Waals surface area contributed by atoms with Gasteiger partial charge in [0.2, 0.25) is 0 Å². The van der Waals surface area contributed by atoms with Crippen LogP contribution in [0.5, 0.6) is 0 Å². The van der Waals surface area contributed by atoms with E-state index in [1.54, 1.807) is 0 Å². The highest BCUT2D eigenvalue weighted by Crippen LogP contribution is 2.50. The number of hydrazone groups is 1. The summed E-state index contributed by atoms with van der Waals surface area (Å²) in [6.45, 7) is 7.11. The average molecular weight is 442 g/mol. The van der Waals surface area contributed by atoms with E-state index in [1.807, 2.05) is 26.8 Å². The van der Waals surface area contributed by atoms with Crippen LogP contribution >= 0.6 is 0 Å². The Morgan fingerprint density at radius 2 is 2.00 bits per heavy atom. The van der Waals surface area contributed by atoms with E-state index in [1.165, 1.54) is 13.0 Å². The van der Waals surface area contributed by atoms with Crippen molar-refractivity contribution in [3.05, 3.63) is 50.1 Å². The van der Waals surface area contributed by atoms with E-state index in [2.05, 4.69) is 16.4 Å². The summed E-state index contributed by atoms with van der Waals surface area (Å²) >= 11 is 0. The molecular weight excluding hydrogens is 416 g/mol. The van der Waals surface area contributed by atoms with Gasteiger partial charge in [-0.2, -0.15) is 5.10 Å². The molecule has 2 atom stereocenters. The van der Waals surface area contributed by atoms with Gasteiger partial charge in [-0.3, -0.25) is 30.4 Å². The molecule has 2 rings (SSSR count). The predicted octanol–water partition coefficient (Wildman–Crippen LogP) is 4.75. The van der Waals surface area contributed by atoms with Gasteiger partial charge in [0.1, 0.15) is 5.69 Å². The number of carbonyl (C=O) groups is 1. The van der Waals surface area contributed by atoms with E-state index in [0.717, 1.165) is 17.7 Å². The van der Waals surface area contributed by atoms with Gasteiger partial charge in [-0.05, 0) is 46.1 Å². The van der Waals surface area contributed by atoms with Crippen LogP contribution in [0.4, 0.5) is 17.1 Å². The molecule has 0 saturated heterocycles. The highest BCUT2D eigenvalue weighted by molar-refractivity contribution is 5.95. The summed E-state index contributed by atoms with van der Waals surface area (Å²) in [6, 6.07) is 3.26. The summed E-state index contributed by atoms with van der Waals surface area (Å²) < 4.78 is 5.62. The van der Waals surface area contributed by atoms with Crippen LogP contribution in [0.3, 0.4) is 0 Å². The number of ether oxygens (including phenoxy) is 1. The minimum absolute atomic E-state index is 0.00504. The number of carbonyl (C=O) groups excluding carboxylic acids is 1. The van der Waals surface area contributed by atoms with E-state index in [0.29, 0.717) is 31.4 Å². The predicted molar refractivity (Wildman–Crippen MR) is 120 cm³/mol. The zero-order valence-corrected chi connectivity index (χ0v) is 18.5. The topological polar surface area (TPSA) is 137 Å². The van der Waals surface area contributed by atoms with Gasteiger partial charge in [-0.1, -0.05) is 17.6 Å². The van der Waals surface area contributed by atoms with Crippen molar-refractivity contribution >= 4 is 28.7 Å². The molecule has 1 aromatic carbocycles. The molecule has 0 amide bonds. The number of hydrogen-bond donors (Lipinski definition) is 1. The fourth-order valence-corrected chi connectivity index (χ4v) is 3.93. The number of terminal acetylenes is 1. The first kappa shape index (κ1) is 24.5. The highest BCUT2D eigenvalue weighted by atomic mass is 16.6. The molecule has 170 valence electrons. The standard InChI is InChI=1S/C22H26N4O6/c1-6-22(32-16(4)27)13-11-20(21(22,5)12-7-8-15(2)3)24-23-18-10-9-17(25(28)29)14-19(18)26(30)31/h1,8-10,14,23H,7,11-13H2,2-5H3/b24-20+/t21-,22+/m1/s1. The summed E-state index contributed by atoms with van der Waals surface area (Å²) in [7, 11) is 0. The fourth-order valence-electron chi connectivity index (χ4n) is 3.93. The Bertz CT molecular complexity index is 1040. The first-order valence-electron chi connectivity index (χ1n) is 10.0. The lowest BCUT2D eigenvalue weighted by atomic mass is 9.71. The molecule has 0 aromatic heterocycles. The second-order valence-corrected chi connectivity index (χ2v) is 8.10. The maximum Gasteiger partial charge on any atom is 0.304 e. The van der Waals surface area contributed by atoms with Gasteiger partial charge in [0.25, 0.3) is 5.69 Å². The number of anilines is 1. The highest BCUT2D eigenvalue weighted by Gasteiger charge is 2.57. The summed E-state index contributed by atoms with van der Waals surface area (Å²) in [4.78, 5) is 32.7. The number of nitrogens with zero attached hydrogens (tertiary/aromatic N) is 3. The molecule has 1 aliphatic carbocycles. The van der Waals surface area contributed by atoms with Crippen molar-refractivity contribution in [2.45, 2.75) is 59.0 Å². The van der Waals surface area contributed by atoms with Gasteiger partial charge in [0.05, 0.1) is 21.3 Å². The summed E-state index contributed by atoms with van der Waals surface area (Å²) in [5.74, 6) is 2.16. The largest absolute Gasteiger partial charge is 0.445 e. The van der Waals surface area contributed by atoms with E-state index in [4.69, 9.17) is 11.2 Å². The molecule has 10 nitrogen and oxygen atoms in total. The quantitative estimate of drug-likeness (QED) is 0.201. The lowest BCUT2D eigenvalue weighted by molar-refractivity contribution is -0.393. The van der Waals surface area contributed by atoms with Crippen molar-refractivity contribution in [1.82, 2.24) is 0 Å². The molecule has 0 aliphatic heterocycles. The first-order valence-corrected chi connectivity index (χ1v) is 10.0. The SMILES string of the molecule is C#C[C@]1(OC(C)=O)CC/C(=N\Nc2ccc([N+](=O)[O-])cc2[N+](=O)[O-])[C@@]1(C)CCC=C(C)C. The normalized spacial score (nSPS) is 23.3. The number of esters is 1. The summed E-state index contributed by atoms with van der Waals surface area (Å²) in [5, 5.41) is 26.7. The number of benzene rings is 1. The number of hydrogen-bond acceptors (Lipinski definition) is 8. The van der Waals surface area contributed by atoms with Crippen LogP contribution < -0.4 is 5.43 Å². The molecule has 1 aliphatic rings. The van der Waals surface area contributed by atoms with Crippen molar-refractivity contribution in [3.63, 3.8) is 0 Å². The number of non-ortho nitro benzene ring substituents is 1. The van der Waals surface area contributed by atoms with Crippen LogP contribution in [0.2, 0.25) is 0 Å². The second kappa shape index (κ2) is 9.60. The second-order valence-electron chi connectivity index (χ2n) is 8.10. The molecule has 1 saturated carbocycles. The van der Waals surface area contributed by atoms with Crippen LogP contribution in [-0.2, 0) is 9.53 Å². The third-order valence-electron chi connectivity index (χ3n) is 5.69. The smallest absolute Gasteiger partial charge is 0.304 e. The Morgan fingerprint density at radius 3 is 2.53 bits per heavy atom. The van der Waals surface area contributed by atoms with Gasteiger partial charge >= 0.3 is 11.7 Å². The molecule has 32 heavy (non-hydrogen) atoms.